The minimum atomic E-state index is -0.293. The van der Waals surface area contributed by atoms with Gasteiger partial charge in [-0.2, -0.15) is 0 Å². The minimum Gasteiger partial charge on any atom is -0.460 e. The van der Waals surface area contributed by atoms with Crippen LogP contribution in [0.1, 0.15) is 16.7 Å². The van der Waals surface area contributed by atoms with E-state index < -0.39 is 0 Å². The van der Waals surface area contributed by atoms with Gasteiger partial charge in [0.15, 0.2) is 0 Å². The van der Waals surface area contributed by atoms with Gasteiger partial charge in [-0.1, -0.05) is 48.0 Å². The number of halogens is 1. The molecule has 4 nitrogen and oxygen atoms in total. The Morgan fingerprint density at radius 3 is 2.73 bits per heavy atom. The Morgan fingerprint density at radius 1 is 1.12 bits per heavy atom. The topological polar surface area (TPSA) is 51.2 Å². The number of hydrogen-bond donors (Lipinski definition) is 1. The molecule has 0 unspecified atom stereocenters. The summed E-state index contributed by atoms with van der Waals surface area (Å²) >= 11 is 6.30. The number of para-hydroxylation sites is 2. The van der Waals surface area contributed by atoms with Crippen LogP contribution in [0.5, 0.6) is 0 Å². The number of benzene rings is 2. The highest BCUT2D eigenvalue weighted by Gasteiger charge is 2.11. The Balaban J connectivity index is 1.70. The quantitative estimate of drug-likeness (QED) is 0.618. The van der Waals surface area contributed by atoms with Crippen LogP contribution < -0.4 is 5.32 Å². The van der Waals surface area contributed by atoms with Crippen molar-refractivity contribution >= 4 is 28.9 Å². The predicted molar refractivity (Wildman–Crippen MR) is 104 cm³/mol. The van der Waals surface area contributed by atoms with Crippen molar-refractivity contribution in [1.29, 1.82) is 0 Å². The molecule has 0 saturated carbocycles. The summed E-state index contributed by atoms with van der Waals surface area (Å²) in [5.41, 5.74) is 4.42. The van der Waals surface area contributed by atoms with Crippen molar-refractivity contribution in [2.45, 2.75) is 20.0 Å². The van der Waals surface area contributed by atoms with Crippen LogP contribution in [0.15, 0.2) is 67.0 Å². The molecule has 1 heterocycles. The lowest BCUT2D eigenvalue weighted by molar-refractivity contribution is -0.144. The second-order valence-corrected chi connectivity index (χ2v) is 6.32. The van der Waals surface area contributed by atoms with Gasteiger partial charge in [-0.05, 0) is 36.2 Å². The first-order chi connectivity index (χ1) is 12.6. The Labute approximate surface area is 157 Å². The smallest absolute Gasteiger partial charge is 0.310 e. The van der Waals surface area contributed by atoms with Crippen LogP contribution in [-0.4, -0.2) is 11.0 Å². The van der Waals surface area contributed by atoms with E-state index in [1.54, 1.807) is 12.4 Å². The zero-order valence-corrected chi connectivity index (χ0v) is 15.2. The number of carbonyl (C=O) groups excluding carboxylic acids is 1. The fourth-order valence-corrected chi connectivity index (χ4v) is 2.84. The van der Waals surface area contributed by atoms with E-state index in [4.69, 9.17) is 16.3 Å². The number of esters is 1. The van der Waals surface area contributed by atoms with Gasteiger partial charge in [0.25, 0.3) is 0 Å². The number of aromatic nitrogens is 1. The summed E-state index contributed by atoms with van der Waals surface area (Å²) in [7, 11) is 0. The van der Waals surface area contributed by atoms with Gasteiger partial charge in [-0.25, -0.2) is 0 Å². The molecular formula is C21H19ClN2O2. The van der Waals surface area contributed by atoms with Gasteiger partial charge in [-0.3, -0.25) is 9.78 Å². The molecule has 5 heteroatoms. The number of rotatable bonds is 6. The molecule has 0 aliphatic heterocycles. The number of carbonyl (C=O) groups is 1. The number of anilines is 2. The third-order valence-electron chi connectivity index (χ3n) is 3.96. The van der Waals surface area contributed by atoms with Crippen molar-refractivity contribution in [2.75, 3.05) is 5.32 Å². The van der Waals surface area contributed by atoms with Crippen LogP contribution >= 0.6 is 11.6 Å². The zero-order valence-electron chi connectivity index (χ0n) is 14.4. The molecule has 1 N–H and O–H groups in total. The summed E-state index contributed by atoms with van der Waals surface area (Å²) in [6.45, 7) is 2.20. The van der Waals surface area contributed by atoms with E-state index in [2.05, 4.69) is 10.3 Å². The lowest BCUT2D eigenvalue weighted by atomic mass is 10.1. The van der Waals surface area contributed by atoms with Crippen LogP contribution in [-0.2, 0) is 22.6 Å². The lowest BCUT2D eigenvalue weighted by Crippen LogP contribution is -2.09. The predicted octanol–water partition coefficient (Wildman–Crippen LogP) is 5.07. The maximum Gasteiger partial charge on any atom is 0.310 e. The Bertz CT molecular complexity index is 877. The maximum absolute atomic E-state index is 12.2. The van der Waals surface area contributed by atoms with Crippen LogP contribution in [0, 0.1) is 6.92 Å². The van der Waals surface area contributed by atoms with Crippen molar-refractivity contribution in [3.05, 3.63) is 88.7 Å². The molecule has 0 amide bonds. The Kier molecular flexibility index (Phi) is 5.87. The second-order valence-electron chi connectivity index (χ2n) is 5.91. The van der Waals surface area contributed by atoms with Crippen molar-refractivity contribution < 1.29 is 9.53 Å². The maximum atomic E-state index is 12.2. The first-order valence-electron chi connectivity index (χ1n) is 8.28. The van der Waals surface area contributed by atoms with Gasteiger partial charge in [-0.15, -0.1) is 0 Å². The van der Waals surface area contributed by atoms with Crippen LogP contribution in [0.4, 0.5) is 11.4 Å². The molecule has 3 rings (SSSR count). The molecule has 2 aromatic carbocycles. The third kappa shape index (κ3) is 4.61. The summed E-state index contributed by atoms with van der Waals surface area (Å²) in [4.78, 5) is 16.2. The molecule has 26 heavy (non-hydrogen) atoms. The van der Waals surface area contributed by atoms with Crippen molar-refractivity contribution in [2.24, 2.45) is 0 Å². The fraction of sp³-hybridized carbons (Fsp3) is 0.143. The first-order valence-corrected chi connectivity index (χ1v) is 8.66. The standard InChI is InChI=1S/C21H19ClN2O2/c1-15-6-4-9-18(22)21(15)24-19-10-3-2-8-17(19)12-20(25)26-14-16-7-5-11-23-13-16/h2-11,13,24H,12,14H2,1H3. The summed E-state index contributed by atoms with van der Waals surface area (Å²) < 4.78 is 5.35. The normalized spacial score (nSPS) is 10.4. The molecule has 0 aliphatic carbocycles. The van der Waals surface area contributed by atoms with E-state index in [-0.39, 0.29) is 19.0 Å². The molecular weight excluding hydrogens is 348 g/mol. The average molecular weight is 367 g/mol. The highest BCUT2D eigenvalue weighted by Crippen LogP contribution is 2.30. The number of nitrogens with zero attached hydrogens (tertiary/aromatic N) is 1. The summed E-state index contributed by atoms with van der Waals surface area (Å²) in [6, 6.07) is 17.1. The average Bonchev–Trinajstić information content (AvgIpc) is 2.65. The molecule has 0 fully saturated rings. The highest BCUT2D eigenvalue weighted by atomic mass is 35.5. The van der Waals surface area contributed by atoms with Gasteiger partial charge >= 0.3 is 5.97 Å². The molecule has 0 atom stereocenters. The summed E-state index contributed by atoms with van der Waals surface area (Å²) in [6.07, 6.45) is 3.54. The van der Waals surface area contributed by atoms with Crippen LogP contribution in [0.25, 0.3) is 0 Å². The van der Waals surface area contributed by atoms with Crippen LogP contribution in [0.2, 0.25) is 5.02 Å². The number of aryl methyl sites for hydroxylation is 1. The highest BCUT2D eigenvalue weighted by molar-refractivity contribution is 6.33. The van der Waals surface area contributed by atoms with E-state index >= 15 is 0 Å². The molecule has 132 valence electrons. The SMILES string of the molecule is Cc1cccc(Cl)c1Nc1ccccc1CC(=O)OCc1cccnc1. The molecule has 1 aromatic heterocycles. The fourth-order valence-electron chi connectivity index (χ4n) is 2.58. The third-order valence-corrected chi connectivity index (χ3v) is 4.27. The Morgan fingerprint density at radius 2 is 1.96 bits per heavy atom. The monoisotopic (exact) mass is 366 g/mol. The van der Waals surface area contributed by atoms with E-state index in [0.717, 1.165) is 28.1 Å². The van der Waals surface area contributed by atoms with Crippen molar-refractivity contribution in [3.63, 3.8) is 0 Å². The minimum absolute atomic E-state index is 0.174. The van der Waals surface area contributed by atoms with Crippen molar-refractivity contribution in [3.8, 4) is 0 Å². The van der Waals surface area contributed by atoms with Gasteiger partial charge in [0.2, 0.25) is 0 Å². The summed E-state index contributed by atoms with van der Waals surface area (Å²) in [5, 5.41) is 3.98. The number of nitrogens with one attached hydrogen (secondary N) is 1. The van der Waals surface area contributed by atoms with E-state index in [1.165, 1.54) is 0 Å². The molecule has 0 aliphatic rings. The van der Waals surface area contributed by atoms with Gasteiger partial charge < -0.3 is 10.1 Å². The summed E-state index contributed by atoms with van der Waals surface area (Å²) in [5.74, 6) is -0.293. The number of hydrogen-bond acceptors (Lipinski definition) is 4. The number of ether oxygens (including phenoxy) is 1. The molecule has 0 saturated heterocycles. The molecule has 0 spiro atoms. The second kappa shape index (κ2) is 8.50. The van der Waals surface area contributed by atoms with E-state index in [9.17, 15) is 4.79 Å². The lowest BCUT2D eigenvalue weighted by Gasteiger charge is -2.15. The first kappa shape index (κ1) is 18.0. The van der Waals surface area contributed by atoms with Gasteiger partial charge in [0.05, 0.1) is 17.1 Å². The van der Waals surface area contributed by atoms with Crippen LogP contribution in [0.3, 0.4) is 0 Å². The van der Waals surface area contributed by atoms with E-state index in [1.807, 2.05) is 61.5 Å². The largest absolute Gasteiger partial charge is 0.460 e. The van der Waals surface area contributed by atoms with E-state index in [0.29, 0.717) is 5.02 Å². The van der Waals surface area contributed by atoms with Gasteiger partial charge in [0.1, 0.15) is 6.61 Å². The molecule has 0 bridgehead atoms. The Hall–Kier alpha value is -2.85. The van der Waals surface area contributed by atoms with Crippen molar-refractivity contribution in [1.82, 2.24) is 4.98 Å². The molecule has 3 aromatic rings. The molecule has 0 radical (unpaired) electrons. The zero-order chi connectivity index (χ0) is 18.4. The van der Waals surface area contributed by atoms with Gasteiger partial charge in [0, 0.05) is 23.6 Å². The number of pyridine rings is 1.